The van der Waals surface area contributed by atoms with Gasteiger partial charge in [-0.05, 0) is 31.0 Å². The van der Waals surface area contributed by atoms with Gasteiger partial charge in [-0.3, -0.25) is 0 Å². The SMILES string of the molecule is Fc1ccc2nc(C3CCCC3)[nH]c2c1. The molecule has 1 aromatic carbocycles. The summed E-state index contributed by atoms with van der Waals surface area (Å²) in [7, 11) is 0. The van der Waals surface area contributed by atoms with Crippen LogP contribution in [0.2, 0.25) is 0 Å². The van der Waals surface area contributed by atoms with Gasteiger partial charge in [0.1, 0.15) is 11.6 Å². The van der Waals surface area contributed by atoms with Gasteiger partial charge in [-0.2, -0.15) is 0 Å². The summed E-state index contributed by atoms with van der Waals surface area (Å²) in [5, 5.41) is 0. The van der Waals surface area contributed by atoms with Gasteiger partial charge in [-0.25, -0.2) is 9.37 Å². The summed E-state index contributed by atoms with van der Waals surface area (Å²) >= 11 is 0. The van der Waals surface area contributed by atoms with Crippen molar-refractivity contribution in [2.45, 2.75) is 31.6 Å². The molecule has 1 aromatic heterocycles. The lowest BCUT2D eigenvalue weighted by atomic mass is 10.1. The molecule has 0 spiro atoms. The third-order valence-electron chi connectivity index (χ3n) is 3.20. The van der Waals surface area contributed by atoms with E-state index in [2.05, 4.69) is 9.97 Å². The van der Waals surface area contributed by atoms with Crippen LogP contribution in [0.1, 0.15) is 37.4 Å². The van der Waals surface area contributed by atoms with E-state index >= 15 is 0 Å². The highest BCUT2D eigenvalue weighted by Crippen LogP contribution is 2.33. The summed E-state index contributed by atoms with van der Waals surface area (Å²) in [6, 6.07) is 4.71. The van der Waals surface area contributed by atoms with Crippen LogP contribution in [0.3, 0.4) is 0 Å². The molecule has 0 atom stereocenters. The van der Waals surface area contributed by atoms with E-state index in [-0.39, 0.29) is 5.82 Å². The summed E-state index contributed by atoms with van der Waals surface area (Å²) in [6.45, 7) is 0. The lowest BCUT2D eigenvalue weighted by Gasteiger charge is -2.02. The number of aromatic nitrogens is 2. The highest BCUT2D eigenvalue weighted by Gasteiger charge is 2.20. The van der Waals surface area contributed by atoms with Gasteiger partial charge in [0.2, 0.25) is 0 Å². The monoisotopic (exact) mass is 204 g/mol. The molecule has 15 heavy (non-hydrogen) atoms. The zero-order chi connectivity index (χ0) is 10.3. The number of H-pyrrole nitrogens is 1. The molecule has 0 bridgehead atoms. The molecular formula is C12H13FN2. The molecule has 3 heteroatoms. The lowest BCUT2D eigenvalue weighted by Crippen LogP contribution is -1.93. The van der Waals surface area contributed by atoms with Crippen LogP contribution in [0.4, 0.5) is 4.39 Å². The van der Waals surface area contributed by atoms with Crippen molar-refractivity contribution in [1.82, 2.24) is 9.97 Å². The quantitative estimate of drug-likeness (QED) is 0.758. The van der Waals surface area contributed by atoms with Gasteiger partial charge in [0.05, 0.1) is 11.0 Å². The Kier molecular flexibility index (Phi) is 1.97. The van der Waals surface area contributed by atoms with Gasteiger partial charge in [0.25, 0.3) is 0 Å². The Labute approximate surface area is 87.5 Å². The largest absolute Gasteiger partial charge is 0.342 e. The van der Waals surface area contributed by atoms with Crippen molar-refractivity contribution in [2.75, 3.05) is 0 Å². The fourth-order valence-electron chi connectivity index (χ4n) is 2.39. The van der Waals surface area contributed by atoms with Crippen LogP contribution in [0.15, 0.2) is 18.2 Å². The van der Waals surface area contributed by atoms with Crippen LogP contribution in [0.5, 0.6) is 0 Å². The summed E-state index contributed by atoms with van der Waals surface area (Å²) in [5.41, 5.74) is 1.69. The topological polar surface area (TPSA) is 28.7 Å². The number of hydrogen-bond acceptors (Lipinski definition) is 1. The molecule has 1 fully saturated rings. The van der Waals surface area contributed by atoms with Gasteiger partial charge in [0, 0.05) is 5.92 Å². The maximum atomic E-state index is 13.0. The first-order chi connectivity index (χ1) is 7.33. The second kappa shape index (κ2) is 3.33. The minimum Gasteiger partial charge on any atom is -0.342 e. The van der Waals surface area contributed by atoms with Gasteiger partial charge < -0.3 is 4.98 Å². The first kappa shape index (κ1) is 8.89. The van der Waals surface area contributed by atoms with Crippen molar-refractivity contribution >= 4 is 11.0 Å². The number of benzene rings is 1. The Balaban J connectivity index is 2.05. The molecule has 2 aromatic rings. The predicted molar refractivity (Wildman–Crippen MR) is 57.3 cm³/mol. The highest BCUT2D eigenvalue weighted by molar-refractivity contribution is 5.75. The Morgan fingerprint density at radius 1 is 1.27 bits per heavy atom. The third kappa shape index (κ3) is 1.52. The zero-order valence-electron chi connectivity index (χ0n) is 8.46. The normalized spacial score (nSPS) is 17.7. The standard InChI is InChI=1S/C12H13FN2/c13-9-5-6-10-11(7-9)15-12(14-10)8-3-1-2-4-8/h5-8H,1-4H2,(H,14,15). The number of aromatic amines is 1. The number of nitrogens with one attached hydrogen (secondary N) is 1. The summed E-state index contributed by atoms with van der Waals surface area (Å²) in [4.78, 5) is 7.74. The van der Waals surface area contributed by atoms with Crippen molar-refractivity contribution in [2.24, 2.45) is 0 Å². The molecule has 0 aliphatic heterocycles. The van der Waals surface area contributed by atoms with Crippen molar-refractivity contribution in [3.05, 3.63) is 29.8 Å². The highest BCUT2D eigenvalue weighted by atomic mass is 19.1. The summed E-state index contributed by atoms with van der Waals surface area (Å²) in [5.74, 6) is 1.39. The van der Waals surface area contributed by atoms with Crippen LogP contribution >= 0.6 is 0 Å². The van der Waals surface area contributed by atoms with Gasteiger partial charge in [-0.1, -0.05) is 12.8 Å². The predicted octanol–water partition coefficient (Wildman–Crippen LogP) is 3.36. The number of fused-ring (bicyclic) bond motifs is 1. The van der Waals surface area contributed by atoms with Crippen LogP contribution < -0.4 is 0 Å². The molecule has 1 saturated carbocycles. The number of halogens is 1. The Hall–Kier alpha value is -1.38. The molecule has 1 aliphatic carbocycles. The van der Waals surface area contributed by atoms with Gasteiger partial charge >= 0.3 is 0 Å². The van der Waals surface area contributed by atoms with Crippen LogP contribution in [-0.2, 0) is 0 Å². The molecule has 1 aliphatic rings. The second-order valence-corrected chi connectivity index (χ2v) is 4.26. The van der Waals surface area contributed by atoms with Crippen molar-refractivity contribution in [3.63, 3.8) is 0 Å². The molecule has 0 unspecified atom stereocenters. The maximum Gasteiger partial charge on any atom is 0.125 e. The minimum atomic E-state index is -0.205. The molecule has 3 rings (SSSR count). The number of hydrogen-bond donors (Lipinski definition) is 1. The van der Waals surface area contributed by atoms with Crippen molar-refractivity contribution < 1.29 is 4.39 Å². The van der Waals surface area contributed by atoms with Gasteiger partial charge in [-0.15, -0.1) is 0 Å². The van der Waals surface area contributed by atoms with E-state index in [1.807, 2.05) is 0 Å². The van der Waals surface area contributed by atoms with Crippen LogP contribution in [0, 0.1) is 5.82 Å². The molecule has 0 radical (unpaired) electrons. The number of nitrogens with zero attached hydrogens (tertiary/aromatic N) is 1. The van der Waals surface area contributed by atoms with Crippen molar-refractivity contribution in [3.8, 4) is 0 Å². The van der Waals surface area contributed by atoms with Crippen molar-refractivity contribution in [1.29, 1.82) is 0 Å². The van der Waals surface area contributed by atoms with E-state index < -0.39 is 0 Å². The molecular weight excluding hydrogens is 191 g/mol. The van der Waals surface area contributed by atoms with E-state index in [1.54, 1.807) is 6.07 Å². The molecule has 1 heterocycles. The smallest absolute Gasteiger partial charge is 0.125 e. The fourth-order valence-corrected chi connectivity index (χ4v) is 2.39. The summed E-state index contributed by atoms with van der Waals surface area (Å²) < 4.78 is 13.0. The Bertz CT molecular complexity index is 483. The summed E-state index contributed by atoms with van der Waals surface area (Å²) in [6.07, 6.45) is 5.00. The van der Waals surface area contributed by atoms with E-state index in [0.717, 1.165) is 16.9 Å². The van der Waals surface area contributed by atoms with Crippen LogP contribution in [0.25, 0.3) is 11.0 Å². The number of rotatable bonds is 1. The fraction of sp³-hybridized carbons (Fsp3) is 0.417. The average Bonchev–Trinajstić information content (AvgIpc) is 2.84. The maximum absolute atomic E-state index is 13.0. The van der Waals surface area contributed by atoms with E-state index in [9.17, 15) is 4.39 Å². The van der Waals surface area contributed by atoms with E-state index in [0.29, 0.717) is 5.92 Å². The first-order valence-electron chi connectivity index (χ1n) is 5.48. The van der Waals surface area contributed by atoms with E-state index in [1.165, 1.54) is 37.8 Å². The second-order valence-electron chi connectivity index (χ2n) is 4.26. The Morgan fingerprint density at radius 3 is 2.87 bits per heavy atom. The molecule has 2 nitrogen and oxygen atoms in total. The molecule has 78 valence electrons. The van der Waals surface area contributed by atoms with Crippen LogP contribution in [-0.4, -0.2) is 9.97 Å². The molecule has 0 saturated heterocycles. The molecule has 1 N–H and O–H groups in total. The lowest BCUT2D eigenvalue weighted by molar-refractivity contribution is 0.629. The first-order valence-corrected chi connectivity index (χ1v) is 5.48. The van der Waals surface area contributed by atoms with E-state index in [4.69, 9.17) is 0 Å². The molecule has 0 amide bonds. The number of imidazole rings is 1. The van der Waals surface area contributed by atoms with Gasteiger partial charge in [0.15, 0.2) is 0 Å². The average molecular weight is 204 g/mol. The Morgan fingerprint density at radius 2 is 2.07 bits per heavy atom. The minimum absolute atomic E-state index is 0.205. The third-order valence-corrected chi connectivity index (χ3v) is 3.20. The zero-order valence-corrected chi connectivity index (χ0v) is 8.46.